The van der Waals surface area contributed by atoms with Gasteiger partial charge in [0, 0.05) is 6.08 Å². The van der Waals surface area contributed by atoms with Crippen LogP contribution in [0.2, 0.25) is 0 Å². The molecule has 0 aliphatic rings. The molecule has 1 unspecified atom stereocenters. The average Bonchev–Trinajstić information content (AvgIpc) is 2.57. The highest BCUT2D eigenvalue weighted by molar-refractivity contribution is 5.81. The molecular formula is C21H40O2. The van der Waals surface area contributed by atoms with Gasteiger partial charge in [0.25, 0.3) is 0 Å². The molecule has 2 nitrogen and oxygen atoms in total. The number of unbranched alkanes of at least 4 members (excludes halogenated alkanes) is 10. The number of hydrogen-bond donors (Lipinski definition) is 0. The molecule has 1 atom stereocenters. The van der Waals surface area contributed by atoms with E-state index in [4.69, 9.17) is 4.74 Å². The van der Waals surface area contributed by atoms with Gasteiger partial charge in [-0.15, -0.1) is 0 Å². The minimum absolute atomic E-state index is 0.277. The van der Waals surface area contributed by atoms with Gasteiger partial charge >= 0.3 is 5.97 Å². The minimum Gasteiger partial charge on any atom is -0.462 e. The molecule has 0 aromatic heterocycles. The van der Waals surface area contributed by atoms with Gasteiger partial charge in [-0.25, -0.2) is 4.79 Å². The second-order valence-corrected chi connectivity index (χ2v) is 6.81. The highest BCUT2D eigenvalue weighted by Crippen LogP contribution is 2.19. The van der Waals surface area contributed by atoms with E-state index >= 15 is 0 Å². The summed E-state index contributed by atoms with van der Waals surface area (Å²) in [5.41, 5.74) is 0. The molecule has 0 N–H and O–H groups in total. The molecule has 0 aromatic carbocycles. The summed E-state index contributed by atoms with van der Waals surface area (Å²) in [5.74, 6) is 0.261. The normalized spacial score (nSPS) is 12.1. The lowest BCUT2D eigenvalue weighted by Gasteiger charge is -2.16. The predicted molar refractivity (Wildman–Crippen MR) is 101 cm³/mol. The highest BCUT2D eigenvalue weighted by Gasteiger charge is 2.11. The molecular weight excluding hydrogens is 284 g/mol. The summed E-state index contributed by atoms with van der Waals surface area (Å²) >= 11 is 0. The van der Waals surface area contributed by atoms with Gasteiger partial charge in [-0.2, -0.15) is 0 Å². The van der Waals surface area contributed by atoms with Crippen LogP contribution in [-0.2, 0) is 9.53 Å². The number of rotatable bonds is 17. The van der Waals surface area contributed by atoms with Crippen LogP contribution >= 0.6 is 0 Å². The van der Waals surface area contributed by atoms with Crippen LogP contribution in [0, 0.1) is 5.92 Å². The Hall–Kier alpha value is -0.790. The van der Waals surface area contributed by atoms with Gasteiger partial charge < -0.3 is 4.74 Å². The van der Waals surface area contributed by atoms with Crippen molar-refractivity contribution in [1.82, 2.24) is 0 Å². The van der Waals surface area contributed by atoms with Gasteiger partial charge in [0.2, 0.25) is 0 Å². The van der Waals surface area contributed by atoms with Gasteiger partial charge in [-0.3, -0.25) is 0 Å². The van der Waals surface area contributed by atoms with E-state index in [0.29, 0.717) is 12.5 Å². The Morgan fingerprint density at radius 2 is 1.26 bits per heavy atom. The van der Waals surface area contributed by atoms with Crippen LogP contribution < -0.4 is 0 Å². The van der Waals surface area contributed by atoms with Gasteiger partial charge in [0.05, 0.1) is 6.61 Å². The zero-order valence-corrected chi connectivity index (χ0v) is 15.8. The molecule has 136 valence electrons. The van der Waals surface area contributed by atoms with Crippen LogP contribution in [0.15, 0.2) is 12.7 Å². The summed E-state index contributed by atoms with van der Waals surface area (Å²) in [6, 6.07) is 0. The number of carbonyl (C=O) groups excluding carboxylic acids is 1. The summed E-state index contributed by atoms with van der Waals surface area (Å²) in [6.07, 6.45) is 19.6. The van der Waals surface area contributed by atoms with E-state index in [9.17, 15) is 4.79 Å². The molecule has 0 radical (unpaired) electrons. The molecule has 0 heterocycles. The molecule has 0 amide bonds. The third-order valence-electron chi connectivity index (χ3n) is 4.56. The molecule has 0 aliphatic heterocycles. The van der Waals surface area contributed by atoms with Crippen LogP contribution in [0.3, 0.4) is 0 Å². The molecule has 23 heavy (non-hydrogen) atoms. The molecule has 2 heteroatoms. The van der Waals surface area contributed by atoms with Gasteiger partial charge in [0.1, 0.15) is 0 Å². The average molecular weight is 325 g/mol. The summed E-state index contributed by atoms with van der Waals surface area (Å²) in [5, 5.41) is 0. The first kappa shape index (κ1) is 22.2. The second kappa shape index (κ2) is 17.6. The monoisotopic (exact) mass is 324 g/mol. The third-order valence-corrected chi connectivity index (χ3v) is 4.56. The number of esters is 1. The Labute approximate surface area is 145 Å². The van der Waals surface area contributed by atoms with E-state index in [-0.39, 0.29) is 5.97 Å². The molecule has 0 fully saturated rings. The van der Waals surface area contributed by atoms with Crippen molar-refractivity contribution in [3.05, 3.63) is 12.7 Å². The molecule has 0 bridgehead atoms. The quantitative estimate of drug-likeness (QED) is 0.166. The molecule has 0 saturated carbocycles. The van der Waals surface area contributed by atoms with Crippen molar-refractivity contribution in [2.24, 2.45) is 5.92 Å². The van der Waals surface area contributed by atoms with Crippen LogP contribution in [0.5, 0.6) is 0 Å². The fraction of sp³-hybridized carbons (Fsp3) is 0.857. The number of hydrogen-bond acceptors (Lipinski definition) is 2. The largest absolute Gasteiger partial charge is 0.462 e. The van der Waals surface area contributed by atoms with Gasteiger partial charge in [-0.1, -0.05) is 97.5 Å². The topological polar surface area (TPSA) is 26.3 Å². The number of ether oxygens (including phenoxy) is 1. The summed E-state index contributed by atoms with van der Waals surface area (Å²) in [6.45, 7) is 8.56. The molecule has 0 spiro atoms. The van der Waals surface area contributed by atoms with E-state index in [2.05, 4.69) is 20.4 Å². The summed E-state index contributed by atoms with van der Waals surface area (Å²) < 4.78 is 5.28. The van der Waals surface area contributed by atoms with Crippen LogP contribution in [0.4, 0.5) is 0 Å². The highest BCUT2D eigenvalue weighted by atomic mass is 16.5. The Kier molecular flexibility index (Phi) is 17.0. The zero-order valence-electron chi connectivity index (χ0n) is 15.8. The first-order valence-corrected chi connectivity index (χ1v) is 10.0. The molecule has 0 aromatic rings. The Balaban J connectivity index is 3.82. The van der Waals surface area contributed by atoms with Crippen molar-refractivity contribution in [3.8, 4) is 0 Å². The first-order valence-electron chi connectivity index (χ1n) is 10.0. The van der Waals surface area contributed by atoms with Crippen molar-refractivity contribution in [2.45, 2.75) is 104 Å². The SMILES string of the molecule is C=CC(=O)OCC(CCCCCCC)CCCCCCCCC. The molecule has 0 rings (SSSR count). The maximum atomic E-state index is 11.3. The fourth-order valence-electron chi connectivity index (χ4n) is 3.00. The Morgan fingerprint density at radius 3 is 1.70 bits per heavy atom. The van der Waals surface area contributed by atoms with Gasteiger partial charge in [-0.05, 0) is 18.8 Å². The maximum Gasteiger partial charge on any atom is 0.330 e. The van der Waals surface area contributed by atoms with E-state index in [0.717, 1.165) is 0 Å². The summed E-state index contributed by atoms with van der Waals surface area (Å²) in [4.78, 5) is 11.3. The van der Waals surface area contributed by atoms with Gasteiger partial charge in [0.15, 0.2) is 0 Å². The number of carbonyl (C=O) groups is 1. The van der Waals surface area contributed by atoms with E-state index in [1.165, 1.54) is 96.0 Å². The van der Waals surface area contributed by atoms with E-state index in [1.807, 2.05) is 0 Å². The predicted octanol–water partition coefficient (Wildman–Crippen LogP) is 6.83. The van der Waals surface area contributed by atoms with Crippen LogP contribution in [0.1, 0.15) is 104 Å². The van der Waals surface area contributed by atoms with Crippen molar-refractivity contribution < 1.29 is 9.53 Å². The van der Waals surface area contributed by atoms with E-state index < -0.39 is 0 Å². The second-order valence-electron chi connectivity index (χ2n) is 6.81. The zero-order chi connectivity index (χ0) is 17.2. The standard InChI is InChI=1S/C21H40O2/c1-4-7-9-11-12-14-16-18-20(19-23-21(22)6-3)17-15-13-10-8-5-2/h6,20H,3-5,7-19H2,1-2H3. The van der Waals surface area contributed by atoms with Crippen LogP contribution in [0.25, 0.3) is 0 Å². The van der Waals surface area contributed by atoms with Crippen molar-refractivity contribution in [1.29, 1.82) is 0 Å². The minimum atomic E-state index is -0.277. The van der Waals surface area contributed by atoms with E-state index in [1.54, 1.807) is 0 Å². The van der Waals surface area contributed by atoms with Crippen molar-refractivity contribution in [3.63, 3.8) is 0 Å². The van der Waals surface area contributed by atoms with Crippen LogP contribution in [-0.4, -0.2) is 12.6 Å². The smallest absolute Gasteiger partial charge is 0.330 e. The molecule has 0 aliphatic carbocycles. The molecule has 0 saturated heterocycles. The maximum absolute atomic E-state index is 11.3. The lowest BCUT2D eigenvalue weighted by molar-refractivity contribution is -0.139. The lowest BCUT2D eigenvalue weighted by Crippen LogP contribution is -2.13. The summed E-state index contributed by atoms with van der Waals surface area (Å²) in [7, 11) is 0. The Bertz CT molecular complexity index is 273. The third kappa shape index (κ3) is 15.9. The van der Waals surface area contributed by atoms with Crippen molar-refractivity contribution in [2.75, 3.05) is 6.61 Å². The van der Waals surface area contributed by atoms with Crippen molar-refractivity contribution >= 4 is 5.97 Å². The Morgan fingerprint density at radius 1 is 0.826 bits per heavy atom. The fourth-order valence-corrected chi connectivity index (χ4v) is 3.00. The first-order chi connectivity index (χ1) is 11.2. The lowest BCUT2D eigenvalue weighted by atomic mass is 9.95.